The minimum absolute atomic E-state index is 0.00384. The van der Waals surface area contributed by atoms with Crippen molar-refractivity contribution < 1.29 is 4.74 Å². The Morgan fingerprint density at radius 3 is 2.50 bits per heavy atom. The Morgan fingerprint density at radius 2 is 1.86 bits per heavy atom. The Balaban J connectivity index is 2.00. The minimum Gasteiger partial charge on any atom is -0.497 e. The number of methoxy groups -OCH3 is 1. The van der Waals surface area contributed by atoms with Crippen molar-refractivity contribution in [1.82, 2.24) is 14.3 Å². The molecule has 2 heterocycles. The summed E-state index contributed by atoms with van der Waals surface area (Å²) < 4.78 is 8.88. The fraction of sp³-hybridized carbons (Fsp3) is 0.273. The third-order valence-electron chi connectivity index (χ3n) is 5.12. The van der Waals surface area contributed by atoms with Crippen molar-refractivity contribution in [1.29, 1.82) is 0 Å². The van der Waals surface area contributed by atoms with Crippen molar-refractivity contribution in [2.24, 2.45) is 7.05 Å². The largest absolute Gasteiger partial charge is 0.497 e. The molecule has 0 aliphatic heterocycles. The van der Waals surface area contributed by atoms with Gasteiger partial charge in [-0.05, 0) is 37.6 Å². The zero-order chi connectivity index (χ0) is 20.0. The van der Waals surface area contributed by atoms with E-state index in [4.69, 9.17) is 9.84 Å². The number of fused-ring (bicyclic) bond motifs is 3. The molecule has 1 unspecified atom stereocenters. The van der Waals surface area contributed by atoms with E-state index in [0.29, 0.717) is 6.54 Å². The summed E-state index contributed by atoms with van der Waals surface area (Å²) in [7, 11) is 3.48. The van der Waals surface area contributed by atoms with Gasteiger partial charge in [0.15, 0.2) is 0 Å². The summed E-state index contributed by atoms with van der Waals surface area (Å²) in [5.74, 6) is 0.817. The van der Waals surface area contributed by atoms with Crippen LogP contribution in [0.2, 0.25) is 0 Å². The molecule has 2 aromatic heterocycles. The number of halogens is 1. The van der Waals surface area contributed by atoms with Crippen LogP contribution in [0.5, 0.6) is 5.75 Å². The lowest BCUT2D eigenvalue weighted by Crippen LogP contribution is -2.20. The number of hydrogen-bond acceptors (Lipinski definition) is 3. The van der Waals surface area contributed by atoms with Crippen LogP contribution in [-0.4, -0.2) is 21.5 Å². The van der Waals surface area contributed by atoms with Crippen LogP contribution in [0.4, 0.5) is 0 Å². The van der Waals surface area contributed by atoms with E-state index in [-0.39, 0.29) is 10.4 Å². The Bertz CT molecular complexity index is 1240. The molecular formula is C22H22BrN3O2. The minimum atomic E-state index is -0.00384. The van der Waals surface area contributed by atoms with Crippen molar-refractivity contribution >= 4 is 37.7 Å². The van der Waals surface area contributed by atoms with Gasteiger partial charge in [0.2, 0.25) is 0 Å². The standard InChI is InChI=1S/C22H22BrN3O2/c1-13-5-10-17-18(11-13)22(27)25(3)21-19(17)20(14(2)23)24-26(21)12-15-6-8-16(28-4)9-7-15/h5-11,14H,12H2,1-4H3. The number of hydrogen-bond donors (Lipinski definition) is 0. The lowest BCUT2D eigenvalue weighted by atomic mass is 10.0. The number of aryl methyl sites for hydroxylation is 2. The average molecular weight is 440 g/mol. The van der Waals surface area contributed by atoms with Gasteiger partial charge in [0, 0.05) is 23.2 Å². The van der Waals surface area contributed by atoms with Crippen LogP contribution in [-0.2, 0) is 13.6 Å². The molecule has 0 aliphatic rings. The molecule has 0 spiro atoms. The average Bonchev–Trinajstić information content (AvgIpc) is 3.06. The first-order chi connectivity index (χ1) is 13.4. The summed E-state index contributed by atoms with van der Waals surface area (Å²) in [6.07, 6.45) is 0. The lowest BCUT2D eigenvalue weighted by Gasteiger charge is -2.10. The van der Waals surface area contributed by atoms with E-state index in [2.05, 4.69) is 22.9 Å². The second-order valence-corrected chi connectivity index (χ2v) is 8.49. The number of benzene rings is 2. The van der Waals surface area contributed by atoms with Crippen LogP contribution in [0.3, 0.4) is 0 Å². The Morgan fingerprint density at radius 1 is 1.14 bits per heavy atom. The SMILES string of the molecule is COc1ccc(Cn2nc(C(C)Br)c3c4ccc(C)cc4c(=O)n(C)c32)cc1. The van der Waals surface area contributed by atoms with Crippen LogP contribution in [0, 0.1) is 6.92 Å². The molecule has 28 heavy (non-hydrogen) atoms. The van der Waals surface area contributed by atoms with E-state index >= 15 is 0 Å². The van der Waals surface area contributed by atoms with E-state index in [1.54, 1.807) is 11.7 Å². The highest BCUT2D eigenvalue weighted by Crippen LogP contribution is 2.33. The summed E-state index contributed by atoms with van der Waals surface area (Å²) in [6, 6.07) is 14.0. The van der Waals surface area contributed by atoms with Gasteiger partial charge in [0.05, 0.1) is 24.2 Å². The van der Waals surface area contributed by atoms with Gasteiger partial charge in [-0.3, -0.25) is 9.36 Å². The highest BCUT2D eigenvalue weighted by Gasteiger charge is 2.21. The maximum Gasteiger partial charge on any atom is 0.259 e. The van der Waals surface area contributed by atoms with Gasteiger partial charge in [-0.15, -0.1) is 0 Å². The summed E-state index contributed by atoms with van der Waals surface area (Å²) in [4.78, 5) is 13.1. The molecule has 0 amide bonds. The van der Waals surface area contributed by atoms with Gasteiger partial charge in [-0.25, -0.2) is 4.68 Å². The van der Waals surface area contributed by atoms with Crippen molar-refractivity contribution in [3.63, 3.8) is 0 Å². The predicted molar refractivity (Wildman–Crippen MR) is 117 cm³/mol. The van der Waals surface area contributed by atoms with E-state index in [1.807, 2.05) is 61.1 Å². The number of nitrogens with zero attached hydrogens (tertiary/aromatic N) is 3. The number of ether oxygens (including phenoxy) is 1. The first kappa shape index (κ1) is 18.7. The normalized spacial score (nSPS) is 12.6. The van der Waals surface area contributed by atoms with Crippen LogP contribution >= 0.6 is 15.9 Å². The number of alkyl halides is 1. The van der Waals surface area contributed by atoms with E-state index in [0.717, 1.165) is 44.4 Å². The fourth-order valence-corrected chi connectivity index (χ4v) is 4.01. The number of pyridine rings is 1. The zero-order valence-electron chi connectivity index (χ0n) is 16.4. The lowest BCUT2D eigenvalue weighted by molar-refractivity contribution is 0.414. The Kier molecular flexibility index (Phi) is 4.75. The van der Waals surface area contributed by atoms with Gasteiger partial charge in [0.25, 0.3) is 5.56 Å². The van der Waals surface area contributed by atoms with Gasteiger partial charge in [-0.1, -0.05) is 45.8 Å². The molecule has 1 atom stereocenters. The van der Waals surface area contributed by atoms with Gasteiger partial charge in [0.1, 0.15) is 11.4 Å². The highest BCUT2D eigenvalue weighted by molar-refractivity contribution is 9.09. The fourth-order valence-electron chi connectivity index (χ4n) is 3.69. The Hall–Kier alpha value is -2.60. The quantitative estimate of drug-likeness (QED) is 0.432. The Labute approximate surface area is 171 Å². The van der Waals surface area contributed by atoms with Crippen molar-refractivity contribution in [2.75, 3.05) is 7.11 Å². The van der Waals surface area contributed by atoms with Crippen LogP contribution in [0.1, 0.15) is 28.6 Å². The maximum absolute atomic E-state index is 13.1. The number of aromatic nitrogens is 3. The van der Waals surface area contributed by atoms with Gasteiger partial charge >= 0.3 is 0 Å². The third kappa shape index (κ3) is 3.02. The molecule has 0 fully saturated rings. The molecule has 0 saturated carbocycles. The molecule has 4 aromatic rings. The van der Waals surface area contributed by atoms with E-state index < -0.39 is 0 Å². The summed E-state index contributed by atoms with van der Waals surface area (Å²) in [6.45, 7) is 4.64. The molecule has 0 N–H and O–H groups in total. The smallest absolute Gasteiger partial charge is 0.259 e. The van der Waals surface area contributed by atoms with Crippen LogP contribution < -0.4 is 10.3 Å². The van der Waals surface area contributed by atoms with Crippen LogP contribution in [0.25, 0.3) is 21.8 Å². The monoisotopic (exact) mass is 439 g/mol. The molecule has 4 rings (SSSR count). The maximum atomic E-state index is 13.1. The molecule has 144 valence electrons. The van der Waals surface area contributed by atoms with Crippen molar-refractivity contribution in [3.8, 4) is 5.75 Å². The molecule has 0 aliphatic carbocycles. The van der Waals surface area contributed by atoms with Gasteiger partial charge < -0.3 is 4.74 Å². The first-order valence-electron chi connectivity index (χ1n) is 9.17. The molecular weight excluding hydrogens is 418 g/mol. The molecule has 2 aromatic carbocycles. The van der Waals surface area contributed by atoms with E-state index in [9.17, 15) is 4.79 Å². The topological polar surface area (TPSA) is 49.1 Å². The highest BCUT2D eigenvalue weighted by atomic mass is 79.9. The summed E-state index contributed by atoms with van der Waals surface area (Å²) in [5, 5.41) is 7.58. The summed E-state index contributed by atoms with van der Waals surface area (Å²) in [5.41, 5.74) is 3.93. The molecule has 0 bridgehead atoms. The molecule has 5 nitrogen and oxygen atoms in total. The zero-order valence-corrected chi connectivity index (χ0v) is 17.9. The predicted octanol–water partition coefficient (Wildman–Crippen LogP) is 4.71. The number of rotatable bonds is 4. The van der Waals surface area contributed by atoms with Crippen LogP contribution in [0.15, 0.2) is 47.3 Å². The third-order valence-corrected chi connectivity index (χ3v) is 5.55. The van der Waals surface area contributed by atoms with Gasteiger partial charge in [-0.2, -0.15) is 5.10 Å². The van der Waals surface area contributed by atoms with Crippen molar-refractivity contribution in [3.05, 3.63) is 69.6 Å². The molecule has 0 radical (unpaired) electrons. The second-order valence-electron chi connectivity index (χ2n) is 7.12. The van der Waals surface area contributed by atoms with Crippen molar-refractivity contribution in [2.45, 2.75) is 25.2 Å². The molecule has 0 saturated heterocycles. The second kappa shape index (κ2) is 7.09. The summed E-state index contributed by atoms with van der Waals surface area (Å²) >= 11 is 3.68. The first-order valence-corrected chi connectivity index (χ1v) is 10.1. The van der Waals surface area contributed by atoms with E-state index in [1.165, 1.54) is 0 Å². The molecule has 6 heteroatoms.